The Balaban J connectivity index is 2.89. The van der Waals surface area contributed by atoms with Gasteiger partial charge in [-0.3, -0.25) is 9.59 Å². The number of amides is 1. The molecular weight excluding hydrogens is 218 g/mol. The van der Waals surface area contributed by atoms with E-state index in [1.807, 2.05) is 6.92 Å². The summed E-state index contributed by atoms with van der Waals surface area (Å²) >= 11 is 0. The molecule has 0 bridgehead atoms. The van der Waals surface area contributed by atoms with Gasteiger partial charge in [-0.05, 0) is 12.5 Å². The van der Waals surface area contributed by atoms with Gasteiger partial charge >= 0.3 is 0 Å². The maximum Gasteiger partial charge on any atom is 0.262 e. The molecular formula is C13H17NO3. The van der Waals surface area contributed by atoms with Crippen molar-refractivity contribution in [2.24, 2.45) is 0 Å². The largest absolute Gasteiger partial charge is 0.507 e. The van der Waals surface area contributed by atoms with Crippen molar-refractivity contribution >= 4 is 11.7 Å². The van der Waals surface area contributed by atoms with Crippen LogP contribution in [0.5, 0.6) is 0 Å². The molecule has 0 aromatic carbocycles. The molecule has 1 heterocycles. The summed E-state index contributed by atoms with van der Waals surface area (Å²) in [5, 5.41) is 9.70. The lowest BCUT2D eigenvalue weighted by atomic mass is 10.1. The third-order valence-electron chi connectivity index (χ3n) is 2.45. The number of carbonyl (C=O) groups excluding carboxylic acids is 2. The maximum atomic E-state index is 11.8. The van der Waals surface area contributed by atoms with E-state index in [1.54, 1.807) is 12.2 Å². The Morgan fingerprint density at radius 1 is 1.53 bits per heavy atom. The lowest BCUT2D eigenvalue weighted by Gasteiger charge is -2.09. The van der Waals surface area contributed by atoms with E-state index in [-0.39, 0.29) is 23.7 Å². The summed E-state index contributed by atoms with van der Waals surface area (Å²) < 4.78 is 0. The first-order valence-corrected chi connectivity index (χ1v) is 5.65. The van der Waals surface area contributed by atoms with Crippen LogP contribution in [0.1, 0.15) is 19.8 Å². The molecule has 0 radical (unpaired) electrons. The third kappa shape index (κ3) is 3.06. The summed E-state index contributed by atoms with van der Waals surface area (Å²) in [7, 11) is 0. The highest BCUT2D eigenvalue weighted by atomic mass is 16.3. The van der Waals surface area contributed by atoms with E-state index in [2.05, 4.69) is 6.58 Å². The second kappa shape index (κ2) is 6.03. The van der Waals surface area contributed by atoms with Gasteiger partial charge in [0.1, 0.15) is 11.3 Å². The highest BCUT2D eigenvalue weighted by molar-refractivity contribution is 6.25. The topological polar surface area (TPSA) is 57.6 Å². The van der Waals surface area contributed by atoms with Gasteiger partial charge in [0.15, 0.2) is 5.78 Å². The van der Waals surface area contributed by atoms with Crippen molar-refractivity contribution in [2.75, 3.05) is 13.1 Å². The highest BCUT2D eigenvalue weighted by Gasteiger charge is 2.35. The van der Waals surface area contributed by atoms with Crippen LogP contribution >= 0.6 is 0 Å². The average Bonchev–Trinajstić information content (AvgIpc) is 2.55. The Kier molecular flexibility index (Phi) is 4.69. The molecule has 1 N–H and O–H groups in total. The Morgan fingerprint density at radius 3 is 2.82 bits per heavy atom. The van der Waals surface area contributed by atoms with Crippen LogP contribution in [-0.4, -0.2) is 34.8 Å². The molecule has 0 aromatic rings. The SMILES string of the molecule is C=CCN1CC(=O)C(=C(O)C=CCCC)C1=O. The standard InChI is InChI=1S/C13H17NO3/c1-3-5-6-7-10(15)12-11(16)9-14(8-4-2)13(12)17/h4,6-7,15H,2-3,5,8-9H2,1H3. The molecule has 4 nitrogen and oxygen atoms in total. The van der Waals surface area contributed by atoms with Gasteiger partial charge in [0, 0.05) is 6.54 Å². The van der Waals surface area contributed by atoms with Crippen LogP contribution in [0.15, 0.2) is 36.1 Å². The molecule has 0 aromatic heterocycles. The van der Waals surface area contributed by atoms with Crippen molar-refractivity contribution in [2.45, 2.75) is 19.8 Å². The highest BCUT2D eigenvalue weighted by Crippen LogP contribution is 2.17. The number of hydrogen-bond donors (Lipinski definition) is 1. The predicted octanol–water partition coefficient (Wildman–Crippen LogP) is 1.75. The van der Waals surface area contributed by atoms with Gasteiger partial charge in [0.05, 0.1) is 6.54 Å². The van der Waals surface area contributed by atoms with Crippen molar-refractivity contribution in [3.8, 4) is 0 Å². The number of rotatable bonds is 5. The summed E-state index contributed by atoms with van der Waals surface area (Å²) in [6.45, 7) is 5.86. The zero-order valence-electron chi connectivity index (χ0n) is 9.98. The second-order valence-corrected chi connectivity index (χ2v) is 3.85. The minimum Gasteiger partial charge on any atom is -0.507 e. The molecule has 0 unspecified atom stereocenters. The fraction of sp³-hybridized carbons (Fsp3) is 0.385. The molecule has 1 fully saturated rings. The lowest BCUT2D eigenvalue weighted by molar-refractivity contribution is -0.124. The molecule has 0 saturated carbocycles. The predicted molar refractivity (Wildman–Crippen MR) is 65.5 cm³/mol. The number of allylic oxidation sites excluding steroid dienone is 2. The first-order valence-electron chi connectivity index (χ1n) is 5.65. The third-order valence-corrected chi connectivity index (χ3v) is 2.45. The Hall–Kier alpha value is -1.84. The van der Waals surface area contributed by atoms with Crippen molar-refractivity contribution in [3.05, 3.63) is 36.1 Å². The molecule has 1 amide bonds. The molecule has 1 saturated heterocycles. The van der Waals surface area contributed by atoms with E-state index >= 15 is 0 Å². The molecule has 1 aliphatic heterocycles. The summed E-state index contributed by atoms with van der Waals surface area (Å²) in [4.78, 5) is 24.7. The summed E-state index contributed by atoms with van der Waals surface area (Å²) in [5.74, 6) is -0.996. The molecule has 17 heavy (non-hydrogen) atoms. The molecule has 4 heteroatoms. The van der Waals surface area contributed by atoms with Crippen LogP contribution in [0.3, 0.4) is 0 Å². The van der Waals surface area contributed by atoms with Gasteiger partial charge in [-0.1, -0.05) is 25.5 Å². The summed E-state index contributed by atoms with van der Waals surface area (Å²) in [6.07, 6.45) is 6.48. The first kappa shape index (κ1) is 13.2. The quantitative estimate of drug-likeness (QED) is 0.342. The minimum absolute atomic E-state index is 0.0197. The summed E-state index contributed by atoms with van der Waals surface area (Å²) in [5.41, 5.74) is -0.112. The minimum atomic E-state index is -0.423. The molecule has 0 aliphatic carbocycles. The van der Waals surface area contributed by atoms with Crippen molar-refractivity contribution < 1.29 is 14.7 Å². The monoisotopic (exact) mass is 235 g/mol. The Labute approximate surface area is 101 Å². The van der Waals surface area contributed by atoms with E-state index in [0.29, 0.717) is 6.54 Å². The average molecular weight is 235 g/mol. The fourth-order valence-electron chi connectivity index (χ4n) is 1.60. The van der Waals surface area contributed by atoms with Crippen molar-refractivity contribution in [1.29, 1.82) is 0 Å². The van der Waals surface area contributed by atoms with Gasteiger partial charge in [0.2, 0.25) is 0 Å². The number of aliphatic hydroxyl groups excluding tert-OH is 1. The Morgan fingerprint density at radius 2 is 2.24 bits per heavy atom. The number of likely N-dealkylation sites (tertiary alicyclic amines) is 1. The molecule has 1 rings (SSSR count). The number of aliphatic hydroxyl groups is 1. The smallest absolute Gasteiger partial charge is 0.262 e. The normalized spacial score (nSPS) is 19.2. The van der Waals surface area contributed by atoms with Gasteiger partial charge in [-0.2, -0.15) is 0 Å². The van der Waals surface area contributed by atoms with Crippen LogP contribution < -0.4 is 0 Å². The Bertz CT molecular complexity index is 393. The van der Waals surface area contributed by atoms with Crippen LogP contribution in [0.4, 0.5) is 0 Å². The number of unbranched alkanes of at least 4 members (excludes halogenated alkanes) is 1. The second-order valence-electron chi connectivity index (χ2n) is 3.85. The van der Waals surface area contributed by atoms with Crippen LogP contribution in [-0.2, 0) is 9.59 Å². The van der Waals surface area contributed by atoms with Crippen LogP contribution in [0, 0.1) is 0 Å². The van der Waals surface area contributed by atoms with E-state index in [0.717, 1.165) is 12.8 Å². The van der Waals surface area contributed by atoms with E-state index < -0.39 is 5.91 Å². The number of nitrogens with zero attached hydrogens (tertiary/aromatic N) is 1. The molecule has 92 valence electrons. The maximum absolute atomic E-state index is 11.8. The van der Waals surface area contributed by atoms with Crippen LogP contribution in [0.2, 0.25) is 0 Å². The van der Waals surface area contributed by atoms with Crippen LogP contribution in [0.25, 0.3) is 0 Å². The summed E-state index contributed by atoms with van der Waals surface area (Å²) in [6, 6.07) is 0. The zero-order chi connectivity index (χ0) is 12.8. The number of hydrogen-bond acceptors (Lipinski definition) is 3. The van der Waals surface area contributed by atoms with Crippen molar-refractivity contribution in [3.63, 3.8) is 0 Å². The number of Topliss-reactive ketones (excluding diaryl/α,β-unsaturated/α-hetero) is 1. The molecule has 1 aliphatic rings. The van der Waals surface area contributed by atoms with Gasteiger partial charge in [-0.25, -0.2) is 0 Å². The van der Waals surface area contributed by atoms with E-state index in [9.17, 15) is 14.7 Å². The molecule has 0 atom stereocenters. The van der Waals surface area contributed by atoms with Crippen molar-refractivity contribution in [1.82, 2.24) is 4.90 Å². The zero-order valence-corrected chi connectivity index (χ0v) is 9.98. The van der Waals surface area contributed by atoms with Gasteiger partial charge < -0.3 is 10.0 Å². The van der Waals surface area contributed by atoms with Gasteiger partial charge in [0.25, 0.3) is 5.91 Å². The molecule has 0 spiro atoms. The van der Waals surface area contributed by atoms with Gasteiger partial charge in [-0.15, -0.1) is 6.58 Å². The fourth-order valence-corrected chi connectivity index (χ4v) is 1.60. The number of ketones is 1. The number of carbonyl (C=O) groups is 2. The first-order chi connectivity index (χ1) is 8.11. The lowest BCUT2D eigenvalue weighted by Crippen LogP contribution is -2.25. The van der Waals surface area contributed by atoms with E-state index in [4.69, 9.17) is 0 Å². The van der Waals surface area contributed by atoms with E-state index in [1.165, 1.54) is 11.0 Å².